The zero-order chi connectivity index (χ0) is 30.2. The molecule has 11 nitrogen and oxygen atoms in total. The number of hydrogen-bond acceptors (Lipinski definition) is 7. The van der Waals surface area contributed by atoms with Crippen molar-refractivity contribution >= 4 is 17.7 Å². The van der Waals surface area contributed by atoms with E-state index in [1.807, 2.05) is 73.9 Å². The second kappa shape index (κ2) is 14.0. The molecule has 2 aromatic carbocycles. The Morgan fingerprint density at radius 1 is 1.17 bits per heavy atom. The highest BCUT2D eigenvalue weighted by atomic mass is 16.5. The average Bonchev–Trinajstić information content (AvgIpc) is 3.42. The van der Waals surface area contributed by atoms with Crippen molar-refractivity contribution in [3.05, 3.63) is 66.0 Å². The van der Waals surface area contributed by atoms with Crippen LogP contribution in [0, 0.1) is 5.92 Å². The molecule has 0 fully saturated rings. The average molecular weight is 577 g/mol. The molecule has 3 amide bonds. The number of nitrogens with one attached hydrogen (secondary N) is 2. The van der Waals surface area contributed by atoms with E-state index in [1.54, 1.807) is 25.4 Å². The van der Waals surface area contributed by atoms with Gasteiger partial charge in [0.15, 0.2) is 11.5 Å². The summed E-state index contributed by atoms with van der Waals surface area (Å²) >= 11 is 0. The van der Waals surface area contributed by atoms with Crippen LogP contribution in [0.3, 0.4) is 0 Å². The predicted molar refractivity (Wildman–Crippen MR) is 159 cm³/mol. The van der Waals surface area contributed by atoms with Gasteiger partial charge < -0.3 is 34.5 Å². The Kier molecular flexibility index (Phi) is 10.2. The molecule has 224 valence electrons. The van der Waals surface area contributed by atoms with Crippen molar-refractivity contribution in [3.63, 3.8) is 0 Å². The first-order valence-electron chi connectivity index (χ1n) is 14.1. The van der Waals surface area contributed by atoms with Crippen LogP contribution < -0.4 is 20.1 Å². The molecule has 0 spiro atoms. The number of benzene rings is 2. The molecule has 2 heterocycles. The summed E-state index contributed by atoms with van der Waals surface area (Å²) in [5, 5.41) is 5.78. The van der Waals surface area contributed by atoms with Gasteiger partial charge in [0.05, 0.1) is 20.2 Å². The zero-order valence-electron chi connectivity index (χ0n) is 24.9. The monoisotopic (exact) mass is 576 g/mol. The van der Waals surface area contributed by atoms with Gasteiger partial charge in [-0.3, -0.25) is 14.4 Å². The van der Waals surface area contributed by atoms with E-state index in [-0.39, 0.29) is 37.4 Å². The topological polar surface area (TPSA) is 118 Å². The van der Waals surface area contributed by atoms with E-state index in [2.05, 4.69) is 15.6 Å². The number of carbonyl (C=O) groups is 3. The number of carbonyl (C=O) groups excluding carboxylic acids is 3. The van der Waals surface area contributed by atoms with Crippen molar-refractivity contribution in [2.45, 2.75) is 33.0 Å². The molecular weight excluding hydrogens is 536 g/mol. The van der Waals surface area contributed by atoms with Crippen LogP contribution in [0.15, 0.2) is 54.9 Å². The third-order valence-corrected chi connectivity index (χ3v) is 6.97. The summed E-state index contributed by atoms with van der Waals surface area (Å²) < 4.78 is 13.6. The van der Waals surface area contributed by atoms with E-state index in [0.29, 0.717) is 42.5 Å². The Bertz CT molecular complexity index is 1400. The van der Waals surface area contributed by atoms with Crippen molar-refractivity contribution in [2.24, 2.45) is 5.92 Å². The minimum atomic E-state index is -0.758. The number of methoxy groups -OCH3 is 1. The van der Waals surface area contributed by atoms with Crippen LogP contribution in [0.25, 0.3) is 11.4 Å². The molecule has 11 heteroatoms. The molecule has 2 N–H and O–H groups in total. The number of aromatic nitrogens is 2. The lowest BCUT2D eigenvalue weighted by Crippen LogP contribution is -2.53. The second-order valence-corrected chi connectivity index (χ2v) is 10.9. The van der Waals surface area contributed by atoms with Crippen LogP contribution >= 0.6 is 0 Å². The van der Waals surface area contributed by atoms with Crippen LogP contribution in [-0.2, 0) is 22.7 Å². The van der Waals surface area contributed by atoms with Crippen molar-refractivity contribution in [1.82, 2.24) is 30.0 Å². The SMILES string of the molecule is COc1ccc2cc1OCCN(C(=O)c1cccc(CN(C)C)c1)CC(=O)N[C@H](C(C)C)C(=O)NCCn1ccnc1-2. The van der Waals surface area contributed by atoms with E-state index in [4.69, 9.17) is 9.47 Å². The van der Waals surface area contributed by atoms with Gasteiger partial charge >= 0.3 is 0 Å². The molecule has 42 heavy (non-hydrogen) atoms. The number of rotatable bonds is 5. The summed E-state index contributed by atoms with van der Waals surface area (Å²) in [4.78, 5) is 48.1. The molecule has 1 aliphatic rings. The van der Waals surface area contributed by atoms with Crippen LogP contribution in [0.2, 0.25) is 0 Å². The highest BCUT2D eigenvalue weighted by molar-refractivity contribution is 5.97. The first-order chi connectivity index (χ1) is 20.2. The number of imidazole rings is 1. The molecule has 1 atom stereocenters. The second-order valence-electron chi connectivity index (χ2n) is 10.9. The predicted octanol–water partition coefficient (Wildman–Crippen LogP) is 2.41. The van der Waals surface area contributed by atoms with Crippen LogP contribution in [0.5, 0.6) is 11.5 Å². The van der Waals surface area contributed by atoms with Crippen molar-refractivity contribution in [2.75, 3.05) is 47.4 Å². The summed E-state index contributed by atoms with van der Waals surface area (Å²) in [6, 6.07) is 12.1. The molecule has 0 saturated carbocycles. The van der Waals surface area contributed by atoms with Crippen LogP contribution in [0.4, 0.5) is 0 Å². The first kappa shape index (κ1) is 30.6. The highest BCUT2D eigenvalue weighted by Gasteiger charge is 2.27. The number of amides is 3. The smallest absolute Gasteiger partial charge is 0.254 e. The molecule has 0 saturated heterocycles. The zero-order valence-corrected chi connectivity index (χ0v) is 24.9. The molecule has 2 bridgehead atoms. The van der Waals surface area contributed by atoms with Crippen molar-refractivity contribution < 1.29 is 23.9 Å². The van der Waals surface area contributed by atoms with Crippen molar-refractivity contribution in [1.29, 1.82) is 0 Å². The Labute approximate surface area is 246 Å². The maximum absolute atomic E-state index is 13.7. The Hall–Kier alpha value is -4.38. The fourth-order valence-corrected chi connectivity index (χ4v) is 4.88. The van der Waals surface area contributed by atoms with Gasteiger partial charge in [-0.2, -0.15) is 0 Å². The van der Waals surface area contributed by atoms with Crippen LogP contribution in [0.1, 0.15) is 29.8 Å². The normalized spacial score (nSPS) is 16.7. The van der Waals surface area contributed by atoms with Gasteiger partial charge in [-0.15, -0.1) is 0 Å². The number of fused-ring (bicyclic) bond motifs is 4. The largest absolute Gasteiger partial charge is 0.493 e. The quantitative estimate of drug-likeness (QED) is 0.479. The lowest BCUT2D eigenvalue weighted by molar-refractivity contribution is -0.130. The summed E-state index contributed by atoms with van der Waals surface area (Å²) in [6.45, 7) is 5.24. The molecular formula is C31H40N6O5. The Balaban J connectivity index is 1.66. The number of ether oxygens (including phenoxy) is 2. The van der Waals surface area contributed by atoms with E-state index in [9.17, 15) is 14.4 Å². The minimum absolute atomic E-state index is 0.110. The summed E-state index contributed by atoms with van der Waals surface area (Å²) in [6.07, 6.45) is 3.55. The van der Waals surface area contributed by atoms with E-state index in [1.165, 1.54) is 4.90 Å². The van der Waals surface area contributed by atoms with Gasteiger partial charge in [0.1, 0.15) is 18.5 Å². The van der Waals surface area contributed by atoms with E-state index >= 15 is 0 Å². The fourth-order valence-electron chi connectivity index (χ4n) is 4.88. The van der Waals surface area contributed by atoms with Gasteiger partial charge in [0, 0.05) is 43.2 Å². The summed E-state index contributed by atoms with van der Waals surface area (Å²) in [7, 11) is 5.48. The maximum Gasteiger partial charge on any atom is 0.254 e. The third-order valence-electron chi connectivity index (χ3n) is 6.97. The third kappa shape index (κ3) is 7.67. The Morgan fingerprint density at radius 3 is 2.71 bits per heavy atom. The Morgan fingerprint density at radius 2 is 1.98 bits per heavy atom. The first-order valence-corrected chi connectivity index (χ1v) is 14.1. The summed E-state index contributed by atoms with van der Waals surface area (Å²) in [5.41, 5.74) is 2.26. The van der Waals surface area contributed by atoms with Crippen LogP contribution in [-0.4, -0.2) is 90.6 Å². The molecule has 1 aromatic heterocycles. The van der Waals surface area contributed by atoms with Gasteiger partial charge in [-0.25, -0.2) is 4.98 Å². The van der Waals surface area contributed by atoms with Gasteiger partial charge in [0.25, 0.3) is 5.91 Å². The van der Waals surface area contributed by atoms with E-state index in [0.717, 1.165) is 11.1 Å². The lowest BCUT2D eigenvalue weighted by Gasteiger charge is -2.26. The molecule has 3 aromatic rings. The van der Waals surface area contributed by atoms with Gasteiger partial charge in [-0.05, 0) is 55.9 Å². The molecule has 0 unspecified atom stereocenters. The lowest BCUT2D eigenvalue weighted by atomic mass is 10.0. The molecule has 1 aliphatic heterocycles. The fraction of sp³-hybridized carbons (Fsp3) is 0.419. The molecule has 0 radical (unpaired) electrons. The number of hydrogen-bond donors (Lipinski definition) is 2. The molecule has 0 aliphatic carbocycles. The standard InChI is InChI=1S/C31H40N6O5/c1-21(2)28-30(39)33-12-14-36-13-11-32-29(36)23-9-10-25(41-5)26(18-23)42-16-15-37(20-27(38)34-28)31(40)24-8-6-7-22(17-24)19-35(3)4/h6-11,13,17-18,21,28H,12,14-16,19-20H2,1-5H3,(H,33,39)(H,34,38)/t28-/m1/s1. The summed E-state index contributed by atoms with van der Waals surface area (Å²) in [5.74, 6) is 0.561. The van der Waals surface area contributed by atoms with Gasteiger partial charge in [-0.1, -0.05) is 26.0 Å². The van der Waals surface area contributed by atoms with Gasteiger partial charge in [0.2, 0.25) is 11.8 Å². The maximum atomic E-state index is 13.7. The minimum Gasteiger partial charge on any atom is -0.493 e. The van der Waals surface area contributed by atoms with Crippen molar-refractivity contribution in [3.8, 4) is 22.9 Å². The highest BCUT2D eigenvalue weighted by Crippen LogP contribution is 2.32. The number of nitrogens with zero attached hydrogens (tertiary/aromatic N) is 4. The van der Waals surface area contributed by atoms with E-state index < -0.39 is 11.9 Å². The molecule has 4 rings (SSSR count).